The molecule has 0 amide bonds. The van der Waals surface area contributed by atoms with E-state index in [-0.39, 0.29) is 0 Å². The highest BCUT2D eigenvalue weighted by molar-refractivity contribution is 9.10. The number of anilines is 2. The molecule has 0 saturated heterocycles. The zero-order valence-electron chi connectivity index (χ0n) is 15.6. The van der Waals surface area contributed by atoms with Gasteiger partial charge in [-0.2, -0.15) is 0 Å². The van der Waals surface area contributed by atoms with Crippen LogP contribution in [0.1, 0.15) is 4.88 Å². The van der Waals surface area contributed by atoms with Crippen molar-refractivity contribution in [1.29, 1.82) is 0 Å². The molecule has 2 heterocycles. The summed E-state index contributed by atoms with van der Waals surface area (Å²) in [6.45, 7) is 2.11. The lowest BCUT2D eigenvalue weighted by molar-refractivity contribution is 0.355. The summed E-state index contributed by atoms with van der Waals surface area (Å²) in [6.07, 6.45) is 1.59. The average molecular weight is 456 g/mol. The minimum Gasteiger partial charge on any atom is -0.493 e. The molecule has 0 aliphatic rings. The second kappa shape index (κ2) is 7.77. The van der Waals surface area contributed by atoms with Gasteiger partial charge in [0.05, 0.1) is 19.6 Å². The van der Waals surface area contributed by atoms with Gasteiger partial charge in [-0.05, 0) is 36.8 Å². The molecule has 7 heteroatoms. The lowest BCUT2D eigenvalue weighted by atomic mass is 10.0. The number of halogens is 1. The van der Waals surface area contributed by atoms with Crippen LogP contribution in [0.25, 0.3) is 21.3 Å². The van der Waals surface area contributed by atoms with Gasteiger partial charge in [-0.25, -0.2) is 9.97 Å². The molecule has 4 aromatic rings. The van der Waals surface area contributed by atoms with Crippen molar-refractivity contribution >= 4 is 49.0 Å². The Labute approximate surface area is 175 Å². The number of hydrogen-bond acceptors (Lipinski definition) is 6. The molecule has 0 aliphatic carbocycles. The summed E-state index contributed by atoms with van der Waals surface area (Å²) < 4.78 is 11.8. The molecule has 2 aromatic heterocycles. The number of nitrogens with zero attached hydrogens (tertiary/aromatic N) is 2. The fourth-order valence-corrected chi connectivity index (χ4v) is 4.43. The van der Waals surface area contributed by atoms with Gasteiger partial charge in [0.25, 0.3) is 0 Å². The highest BCUT2D eigenvalue weighted by atomic mass is 79.9. The van der Waals surface area contributed by atoms with Gasteiger partial charge in [-0.15, -0.1) is 11.3 Å². The van der Waals surface area contributed by atoms with Gasteiger partial charge in [0.1, 0.15) is 17.0 Å². The number of aromatic nitrogens is 2. The van der Waals surface area contributed by atoms with Crippen LogP contribution in [0.2, 0.25) is 0 Å². The quantitative estimate of drug-likeness (QED) is 0.388. The third kappa shape index (κ3) is 3.43. The fourth-order valence-electron chi connectivity index (χ4n) is 3.15. The van der Waals surface area contributed by atoms with Crippen LogP contribution in [0.4, 0.5) is 11.5 Å². The molecule has 142 valence electrons. The second-order valence-electron chi connectivity index (χ2n) is 6.14. The van der Waals surface area contributed by atoms with Gasteiger partial charge >= 0.3 is 0 Å². The van der Waals surface area contributed by atoms with Gasteiger partial charge in [-0.1, -0.05) is 28.1 Å². The summed E-state index contributed by atoms with van der Waals surface area (Å²) in [5.74, 6) is 2.11. The zero-order chi connectivity index (χ0) is 19.7. The molecule has 0 fully saturated rings. The van der Waals surface area contributed by atoms with Gasteiger partial charge in [-0.3, -0.25) is 0 Å². The van der Waals surface area contributed by atoms with Crippen LogP contribution in [0.5, 0.6) is 11.5 Å². The van der Waals surface area contributed by atoms with E-state index >= 15 is 0 Å². The monoisotopic (exact) mass is 455 g/mol. The van der Waals surface area contributed by atoms with Crippen molar-refractivity contribution in [2.24, 2.45) is 0 Å². The Morgan fingerprint density at radius 2 is 1.71 bits per heavy atom. The maximum Gasteiger partial charge on any atom is 0.162 e. The number of thiophene rings is 1. The summed E-state index contributed by atoms with van der Waals surface area (Å²) in [5, 5.41) is 4.43. The summed E-state index contributed by atoms with van der Waals surface area (Å²) in [4.78, 5) is 11.2. The fraction of sp³-hybridized carbons (Fsp3) is 0.143. The van der Waals surface area contributed by atoms with Crippen LogP contribution >= 0.6 is 27.3 Å². The van der Waals surface area contributed by atoms with Crippen molar-refractivity contribution in [3.05, 3.63) is 58.1 Å². The van der Waals surface area contributed by atoms with E-state index in [1.165, 1.54) is 4.88 Å². The minimum absolute atomic E-state index is 0.660. The molecule has 4 rings (SSSR count). The average Bonchev–Trinajstić information content (AvgIpc) is 3.05. The maximum atomic E-state index is 5.41. The molecular formula is C21H18BrN3O2S. The molecule has 0 atom stereocenters. The van der Waals surface area contributed by atoms with Crippen molar-refractivity contribution in [2.75, 3.05) is 19.5 Å². The molecule has 0 saturated carbocycles. The number of hydrogen-bond donors (Lipinski definition) is 1. The Morgan fingerprint density at radius 1 is 0.964 bits per heavy atom. The minimum atomic E-state index is 0.660. The van der Waals surface area contributed by atoms with Crippen LogP contribution < -0.4 is 14.8 Å². The van der Waals surface area contributed by atoms with Crippen LogP contribution in [0.3, 0.4) is 0 Å². The molecule has 0 spiro atoms. The molecule has 0 bridgehead atoms. The normalized spacial score (nSPS) is 10.9. The summed E-state index contributed by atoms with van der Waals surface area (Å²) in [6, 6.07) is 14.0. The van der Waals surface area contributed by atoms with Crippen molar-refractivity contribution in [3.63, 3.8) is 0 Å². The molecule has 2 aromatic carbocycles. The first-order valence-corrected chi connectivity index (χ1v) is 10.2. The van der Waals surface area contributed by atoms with E-state index in [9.17, 15) is 0 Å². The van der Waals surface area contributed by atoms with Crippen molar-refractivity contribution < 1.29 is 9.47 Å². The van der Waals surface area contributed by atoms with Crippen LogP contribution in [0.15, 0.2) is 53.3 Å². The SMILES string of the molecule is COc1ccc(Nc2ncnc3sc(C)c(-c4ccc(Br)cc4)c23)cc1OC. The summed E-state index contributed by atoms with van der Waals surface area (Å²) in [7, 11) is 3.25. The highest BCUT2D eigenvalue weighted by Gasteiger charge is 2.17. The van der Waals surface area contributed by atoms with Crippen LogP contribution in [-0.4, -0.2) is 24.2 Å². The van der Waals surface area contributed by atoms with E-state index in [0.717, 1.165) is 37.3 Å². The number of methoxy groups -OCH3 is 2. The number of rotatable bonds is 5. The van der Waals surface area contributed by atoms with E-state index < -0.39 is 0 Å². The smallest absolute Gasteiger partial charge is 0.162 e. The summed E-state index contributed by atoms with van der Waals surface area (Å²) in [5.41, 5.74) is 3.15. The molecule has 5 nitrogen and oxygen atoms in total. The predicted octanol–water partition coefficient (Wildman–Crippen LogP) is 6.19. The molecule has 0 radical (unpaired) electrons. The number of nitrogens with one attached hydrogen (secondary N) is 1. The lowest BCUT2D eigenvalue weighted by Crippen LogP contribution is -1.97. The van der Waals surface area contributed by atoms with E-state index in [0.29, 0.717) is 11.5 Å². The number of benzene rings is 2. The van der Waals surface area contributed by atoms with E-state index in [2.05, 4.69) is 50.3 Å². The first kappa shape index (κ1) is 18.7. The van der Waals surface area contributed by atoms with Crippen molar-refractivity contribution in [1.82, 2.24) is 9.97 Å². The molecule has 0 unspecified atom stereocenters. The summed E-state index contributed by atoms with van der Waals surface area (Å²) >= 11 is 5.17. The first-order valence-electron chi connectivity index (χ1n) is 8.59. The zero-order valence-corrected chi connectivity index (χ0v) is 18.0. The number of fused-ring (bicyclic) bond motifs is 1. The molecule has 28 heavy (non-hydrogen) atoms. The van der Waals surface area contributed by atoms with Crippen LogP contribution in [0, 0.1) is 6.92 Å². The molecule has 0 aliphatic heterocycles. The molecule has 1 N–H and O–H groups in total. The third-order valence-electron chi connectivity index (χ3n) is 4.44. The maximum absolute atomic E-state index is 5.41. The van der Waals surface area contributed by atoms with Gasteiger partial charge in [0, 0.05) is 26.7 Å². The van der Waals surface area contributed by atoms with E-state index in [1.54, 1.807) is 31.9 Å². The van der Waals surface area contributed by atoms with Gasteiger partial charge < -0.3 is 14.8 Å². The van der Waals surface area contributed by atoms with Crippen molar-refractivity contribution in [2.45, 2.75) is 6.92 Å². The number of ether oxygens (including phenoxy) is 2. The Morgan fingerprint density at radius 3 is 2.43 bits per heavy atom. The van der Waals surface area contributed by atoms with Gasteiger partial charge in [0.15, 0.2) is 11.5 Å². The third-order valence-corrected chi connectivity index (χ3v) is 5.99. The second-order valence-corrected chi connectivity index (χ2v) is 8.26. The number of aryl methyl sites for hydroxylation is 1. The predicted molar refractivity (Wildman–Crippen MR) is 118 cm³/mol. The van der Waals surface area contributed by atoms with E-state index in [1.807, 2.05) is 30.3 Å². The largest absolute Gasteiger partial charge is 0.493 e. The standard InChI is InChI=1S/C21H18BrN3O2S/c1-12-18(13-4-6-14(22)7-5-13)19-20(23-11-24-21(19)28-12)25-15-8-9-16(26-2)17(10-15)27-3/h4-11H,1-3H3,(H,23,24,25). The molecular weight excluding hydrogens is 438 g/mol. The van der Waals surface area contributed by atoms with Gasteiger partial charge in [0.2, 0.25) is 0 Å². The lowest BCUT2D eigenvalue weighted by Gasteiger charge is -2.12. The van der Waals surface area contributed by atoms with Crippen molar-refractivity contribution in [3.8, 4) is 22.6 Å². The highest BCUT2D eigenvalue weighted by Crippen LogP contribution is 2.41. The topological polar surface area (TPSA) is 56.3 Å². The Hall–Kier alpha value is -2.64. The Kier molecular flexibility index (Phi) is 5.19. The Bertz CT molecular complexity index is 1140. The first-order chi connectivity index (χ1) is 13.6. The van der Waals surface area contributed by atoms with Crippen LogP contribution in [-0.2, 0) is 0 Å². The van der Waals surface area contributed by atoms with E-state index in [4.69, 9.17) is 9.47 Å². The Balaban J connectivity index is 1.83.